The van der Waals surface area contributed by atoms with Crippen LogP contribution in [-0.4, -0.2) is 48.0 Å². The van der Waals surface area contributed by atoms with Gasteiger partial charge in [-0.3, -0.25) is 4.79 Å². The molecule has 0 saturated heterocycles. The van der Waals surface area contributed by atoms with Gasteiger partial charge in [-0.25, -0.2) is 14.6 Å². The Bertz CT molecular complexity index is 1020. The number of urea groups is 1. The molecule has 0 aliphatic carbocycles. The molecule has 8 nitrogen and oxygen atoms in total. The van der Waals surface area contributed by atoms with Crippen molar-refractivity contribution in [3.8, 4) is 0 Å². The molecule has 0 unspecified atom stereocenters. The number of pyridine rings is 1. The van der Waals surface area contributed by atoms with Crippen LogP contribution in [-0.2, 0) is 19.1 Å². The van der Waals surface area contributed by atoms with Crippen LogP contribution < -0.4 is 10.6 Å². The molecule has 2 aromatic rings. The Hall–Kier alpha value is -3.07. The molecule has 0 saturated carbocycles. The number of ether oxygens (including phenoxy) is 2. The normalized spacial score (nSPS) is 16.1. The number of thioether (sulfide) groups is 1. The van der Waals surface area contributed by atoms with Crippen LogP contribution in [0.25, 0.3) is 10.9 Å². The summed E-state index contributed by atoms with van der Waals surface area (Å²) in [5, 5.41) is 6.91. The van der Waals surface area contributed by atoms with Crippen molar-refractivity contribution < 1.29 is 23.9 Å². The zero-order valence-electron chi connectivity index (χ0n) is 17.0. The Balaban J connectivity index is 1.63. The minimum absolute atomic E-state index is 0.0501. The van der Waals surface area contributed by atoms with E-state index >= 15 is 0 Å². The van der Waals surface area contributed by atoms with Crippen LogP contribution >= 0.6 is 11.8 Å². The van der Waals surface area contributed by atoms with Gasteiger partial charge in [0, 0.05) is 5.39 Å². The van der Waals surface area contributed by atoms with Gasteiger partial charge in [-0.15, -0.1) is 0 Å². The van der Waals surface area contributed by atoms with Gasteiger partial charge in [-0.05, 0) is 38.5 Å². The Labute approximate surface area is 178 Å². The van der Waals surface area contributed by atoms with Crippen molar-refractivity contribution in [2.24, 2.45) is 0 Å². The Morgan fingerprint density at radius 2 is 2.00 bits per heavy atom. The summed E-state index contributed by atoms with van der Waals surface area (Å²) in [6.07, 6.45) is 0. The smallest absolute Gasteiger partial charge is 0.338 e. The van der Waals surface area contributed by atoms with Crippen LogP contribution in [0.5, 0.6) is 0 Å². The molecule has 1 aromatic carbocycles. The van der Waals surface area contributed by atoms with Crippen LogP contribution in [0.3, 0.4) is 0 Å². The highest BCUT2D eigenvalue weighted by Crippen LogP contribution is 2.23. The van der Waals surface area contributed by atoms with E-state index in [1.165, 1.54) is 11.8 Å². The van der Waals surface area contributed by atoms with E-state index in [4.69, 9.17) is 9.47 Å². The molecule has 1 aromatic heterocycles. The van der Waals surface area contributed by atoms with Crippen LogP contribution in [0.1, 0.15) is 19.4 Å². The monoisotopic (exact) mass is 429 g/mol. The fourth-order valence-corrected chi connectivity index (χ4v) is 3.89. The summed E-state index contributed by atoms with van der Waals surface area (Å²) in [5.41, 5.74) is 2.41. The number of nitrogens with zero attached hydrogens (tertiary/aromatic N) is 1. The van der Waals surface area contributed by atoms with Gasteiger partial charge in [0.1, 0.15) is 6.61 Å². The Morgan fingerprint density at radius 3 is 2.77 bits per heavy atom. The zero-order valence-corrected chi connectivity index (χ0v) is 17.8. The number of carbonyl (C=O) groups excluding carboxylic acids is 3. The molecule has 1 aliphatic rings. The van der Waals surface area contributed by atoms with E-state index in [2.05, 4.69) is 15.6 Å². The molecule has 2 heterocycles. The second-order valence-electron chi connectivity index (χ2n) is 6.68. The maximum Gasteiger partial charge on any atom is 0.338 e. The lowest BCUT2D eigenvalue weighted by Crippen LogP contribution is -2.50. The number of fused-ring (bicyclic) bond motifs is 1. The minimum Gasteiger partial charge on any atom is -0.463 e. The predicted molar refractivity (Wildman–Crippen MR) is 113 cm³/mol. The van der Waals surface area contributed by atoms with Gasteiger partial charge >= 0.3 is 18.0 Å². The van der Waals surface area contributed by atoms with E-state index in [1.54, 1.807) is 13.8 Å². The highest BCUT2D eigenvalue weighted by atomic mass is 32.2. The fraction of sp³-hybridized carbons (Fsp3) is 0.333. The summed E-state index contributed by atoms with van der Waals surface area (Å²) >= 11 is 1.27. The summed E-state index contributed by atoms with van der Waals surface area (Å²) in [6.45, 7) is 5.32. The Morgan fingerprint density at radius 1 is 1.23 bits per heavy atom. The van der Waals surface area contributed by atoms with Gasteiger partial charge in [0.15, 0.2) is 0 Å². The van der Waals surface area contributed by atoms with E-state index in [0.717, 1.165) is 21.5 Å². The number of carbonyl (C=O) groups is 3. The number of aromatic nitrogens is 1. The van der Waals surface area contributed by atoms with E-state index in [9.17, 15) is 14.4 Å². The number of hydrogen-bond acceptors (Lipinski definition) is 7. The van der Waals surface area contributed by atoms with Gasteiger partial charge < -0.3 is 20.1 Å². The maximum atomic E-state index is 12.2. The standard InChI is InChI=1S/C21H23N3O5S/c1-4-28-20(26)19-13(3)22-21(27)24-16(19)10-29-18(25)11-30-17-9-12(2)14-7-5-6-8-15(14)23-17/h5-9,13H,4,10-11H2,1-3H3,(H2,22,24,27)/t13-/m1/s1. The third-order valence-electron chi connectivity index (χ3n) is 4.48. The molecule has 1 aliphatic heterocycles. The largest absolute Gasteiger partial charge is 0.463 e. The molecule has 0 fully saturated rings. The van der Waals surface area contributed by atoms with Crippen molar-refractivity contribution in [2.45, 2.75) is 31.8 Å². The van der Waals surface area contributed by atoms with E-state index < -0.39 is 24.0 Å². The number of amides is 2. The molecule has 2 N–H and O–H groups in total. The van der Waals surface area contributed by atoms with Gasteiger partial charge in [0.2, 0.25) is 0 Å². The van der Waals surface area contributed by atoms with E-state index in [0.29, 0.717) is 0 Å². The molecule has 30 heavy (non-hydrogen) atoms. The average Bonchev–Trinajstić information content (AvgIpc) is 2.70. The molecule has 2 amide bonds. The van der Waals surface area contributed by atoms with Gasteiger partial charge in [0.25, 0.3) is 0 Å². The minimum atomic E-state index is -0.561. The van der Waals surface area contributed by atoms with Crippen LogP contribution in [0, 0.1) is 6.92 Å². The second kappa shape index (κ2) is 9.62. The molecule has 0 bridgehead atoms. The first-order valence-corrected chi connectivity index (χ1v) is 10.5. The number of esters is 2. The van der Waals surface area contributed by atoms with Crippen molar-refractivity contribution in [1.82, 2.24) is 15.6 Å². The topological polar surface area (TPSA) is 107 Å². The van der Waals surface area contributed by atoms with Crippen molar-refractivity contribution in [2.75, 3.05) is 19.0 Å². The molecular formula is C21H23N3O5S. The van der Waals surface area contributed by atoms with Crippen molar-refractivity contribution >= 4 is 40.6 Å². The first-order chi connectivity index (χ1) is 14.4. The fourth-order valence-electron chi connectivity index (χ4n) is 3.11. The number of aryl methyl sites for hydroxylation is 1. The van der Waals surface area contributed by atoms with E-state index in [-0.39, 0.29) is 30.2 Å². The number of benzene rings is 1. The maximum absolute atomic E-state index is 12.2. The molecule has 0 spiro atoms. The van der Waals surface area contributed by atoms with E-state index in [1.807, 2.05) is 37.3 Å². The summed E-state index contributed by atoms with van der Waals surface area (Å²) in [4.78, 5) is 40.7. The van der Waals surface area contributed by atoms with Crippen LogP contribution in [0.2, 0.25) is 0 Å². The summed E-state index contributed by atoms with van der Waals surface area (Å²) in [6, 6.07) is 8.72. The number of nitrogens with one attached hydrogen (secondary N) is 2. The first-order valence-electron chi connectivity index (χ1n) is 9.51. The zero-order chi connectivity index (χ0) is 21.7. The lowest BCUT2D eigenvalue weighted by molar-refractivity contribution is -0.141. The van der Waals surface area contributed by atoms with Crippen molar-refractivity contribution in [3.63, 3.8) is 0 Å². The number of para-hydroxylation sites is 1. The molecular weight excluding hydrogens is 406 g/mol. The molecule has 9 heteroatoms. The average molecular weight is 429 g/mol. The second-order valence-corrected chi connectivity index (χ2v) is 7.67. The van der Waals surface area contributed by atoms with Crippen molar-refractivity contribution in [3.05, 3.63) is 47.2 Å². The summed E-state index contributed by atoms with van der Waals surface area (Å²) in [5.74, 6) is -0.994. The molecule has 0 radical (unpaired) electrons. The molecule has 1 atom stereocenters. The van der Waals surface area contributed by atoms with Gasteiger partial charge in [-0.1, -0.05) is 30.0 Å². The molecule has 3 rings (SSSR count). The Kier molecular flexibility index (Phi) is 6.94. The highest BCUT2D eigenvalue weighted by Gasteiger charge is 2.30. The first kappa shape index (κ1) is 21.6. The SMILES string of the molecule is CCOC(=O)C1=C(COC(=O)CSc2cc(C)c3ccccc3n2)NC(=O)N[C@@H]1C. The van der Waals surface area contributed by atoms with Crippen molar-refractivity contribution in [1.29, 1.82) is 0 Å². The van der Waals surface area contributed by atoms with Gasteiger partial charge in [-0.2, -0.15) is 0 Å². The quantitative estimate of drug-likeness (QED) is 0.515. The van der Waals surface area contributed by atoms with Crippen LogP contribution in [0.4, 0.5) is 4.79 Å². The van der Waals surface area contributed by atoms with Crippen LogP contribution in [0.15, 0.2) is 46.6 Å². The number of rotatable bonds is 7. The third kappa shape index (κ3) is 5.10. The molecule has 158 valence electrons. The third-order valence-corrected chi connectivity index (χ3v) is 5.37. The summed E-state index contributed by atoms with van der Waals surface area (Å²) in [7, 11) is 0. The summed E-state index contributed by atoms with van der Waals surface area (Å²) < 4.78 is 10.3. The lowest BCUT2D eigenvalue weighted by Gasteiger charge is -2.26. The lowest BCUT2D eigenvalue weighted by atomic mass is 10.0. The number of hydrogen-bond donors (Lipinski definition) is 2. The highest BCUT2D eigenvalue weighted by molar-refractivity contribution is 7.99. The van der Waals surface area contributed by atoms with Gasteiger partial charge in [0.05, 0.1) is 40.2 Å². The predicted octanol–water partition coefficient (Wildman–Crippen LogP) is 2.70.